The van der Waals surface area contributed by atoms with Crippen LogP contribution in [-0.2, 0) is 6.42 Å². The van der Waals surface area contributed by atoms with Crippen molar-refractivity contribution < 1.29 is 9.47 Å². The van der Waals surface area contributed by atoms with E-state index in [1.54, 1.807) is 19.5 Å². The zero-order valence-corrected chi connectivity index (χ0v) is 20.4. The molecule has 0 aliphatic carbocycles. The zero-order valence-electron chi connectivity index (χ0n) is 20.4. The number of pyridine rings is 1. The summed E-state index contributed by atoms with van der Waals surface area (Å²) >= 11 is 0. The number of nitrogens with zero attached hydrogens (tertiary/aromatic N) is 3. The van der Waals surface area contributed by atoms with Crippen molar-refractivity contribution >= 4 is 11.9 Å². The Morgan fingerprint density at radius 2 is 2.09 bits per heavy atom. The third kappa shape index (κ3) is 8.90. The van der Waals surface area contributed by atoms with Crippen molar-refractivity contribution in [2.75, 3.05) is 45.2 Å². The number of hydrogen-bond acceptors (Lipinski definition) is 7. The Labute approximate surface area is 203 Å². The average Bonchev–Trinajstić information content (AvgIpc) is 3.36. The van der Waals surface area contributed by atoms with Gasteiger partial charge in [-0.05, 0) is 75.5 Å². The molecule has 0 radical (unpaired) electrons. The topological polar surface area (TPSA) is 71.0 Å². The first-order chi connectivity index (χ1) is 16.6. The molecule has 7 nitrogen and oxygen atoms in total. The predicted octanol–water partition coefficient (Wildman–Crippen LogP) is 4.64. The van der Waals surface area contributed by atoms with Crippen molar-refractivity contribution in [3.8, 4) is 11.5 Å². The first kappa shape index (κ1) is 25.3. The molecule has 1 aromatic carbocycles. The Hall–Kier alpha value is -3.32. The number of aliphatic imine (C=N–C) groups is 1. The lowest BCUT2D eigenvalue weighted by Gasteiger charge is -2.16. The predicted molar refractivity (Wildman–Crippen MR) is 140 cm³/mol. The molecule has 2 N–H and O–H groups in total. The van der Waals surface area contributed by atoms with Crippen LogP contribution < -0.4 is 20.1 Å². The number of likely N-dealkylation sites (tertiary alicyclic amines) is 1. The van der Waals surface area contributed by atoms with Gasteiger partial charge in [-0.2, -0.15) is 0 Å². The molecule has 7 heteroatoms. The van der Waals surface area contributed by atoms with E-state index in [1.165, 1.54) is 31.5 Å². The van der Waals surface area contributed by atoms with Gasteiger partial charge in [0.05, 0.1) is 13.7 Å². The van der Waals surface area contributed by atoms with E-state index in [9.17, 15) is 0 Å². The standard InChI is InChI=1S/C27H37N5O2/c1-22(29-15-12-24-8-6-13-28-21-24)11-14-30-23(2)31-25-9-10-26(33-3)27(20-25)34-19-7-18-32-16-4-5-17-32/h6,8-11,13-14,20-21,29,31H,2,4-5,7,12,15-19H2,1,3H3/b22-11+,30-14?. The van der Waals surface area contributed by atoms with E-state index in [2.05, 4.69) is 38.2 Å². The van der Waals surface area contributed by atoms with E-state index in [1.807, 2.05) is 43.5 Å². The Morgan fingerprint density at radius 3 is 2.85 bits per heavy atom. The van der Waals surface area contributed by atoms with E-state index in [0.29, 0.717) is 12.4 Å². The molecule has 2 heterocycles. The number of ether oxygens (including phenoxy) is 2. The summed E-state index contributed by atoms with van der Waals surface area (Å²) in [7, 11) is 1.65. The van der Waals surface area contributed by atoms with Crippen LogP contribution >= 0.6 is 0 Å². The molecule has 0 atom stereocenters. The van der Waals surface area contributed by atoms with E-state index < -0.39 is 0 Å². The number of rotatable bonds is 14. The normalized spacial score (nSPS) is 14.4. The fourth-order valence-corrected chi connectivity index (χ4v) is 3.79. The highest BCUT2D eigenvalue weighted by Gasteiger charge is 2.11. The molecular weight excluding hydrogens is 426 g/mol. The summed E-state index contributed by atoms with van der Waals surface area (Å²) in [6, 6.07) is 9.78. The van der Waals surface area contributed by atoms with Crippen LogP contribution in [0.1, 0.15) is 31.7 Å². The minimum Gasteiger partial charge on any atom is -0.493 e. The van der Waals surface area contributed by atoms with Gasteiger partial charge in [0.1, 0.15) is 5.82 Å². The maximum Gasteiger partial charge on any atom is 0.163 e. The van der Waals surface area contributed by atoms with Crippen molar-refractivity contribution in [2.45, 2.75) is 32.6 Å². The lowest BCUT2D eigenvalue weighted by atomic mass is 10.2. The monoisotopic (exact) mass is 463 g/mol. The van der Waals surface area contributed by atoms with Gasteiger partial charge in [-0.15, -0.1) is 0 Å². The van der Waals surface area contributed by atoms with Crippen molar-refractivity contribution in [1.29, 1.82) is 0 Å². The van der Waals surface area contributed by atoms with E-state index in [0.717, 1.165) is 48.8 Å². The number of aromatic nitrogens is 1. The highest BCUT2D eigenvalue weighted by atomic mass is 16.5. The van der Waals surface area contributed by atoms with Gasteiger partial charge in [-0.25, -0.2) is 4.99 Å². The summed E-state index contributed by atoms with van der Waals surface area (Å²) in [5.74, 6) is 1.99. The summed E-state index contributed by atoms with van der Waals surface area (Å²) in [5, 5.41) is 6.59. The highest BCUT2D eigenvalue weighted by Crippen LogP contribution is 2.30. The fourth-order valence-electron chi connectivity index (χ4n) is 3.79. The minimum absolute atomic E-state index is 0.546. The molecule has 0 unspecified atom stereocenters. The molecular formula is C27H37N5O2. The molecule has 2 aromatic rings. The number of methoxy groups -OCH3 is 1. The summed E-state index contributed by atoms with van der Waals surface area (Å²) < 4.78 is 11.5. The Morgan fingerprint density at radius 1 is 1.24 bits per heavy atom. The molecule has 0 spiro atoms. The van der Waals surface area contributed by atoms with Crippen LogP contribution in [0, 0.1) is 0 Å². The Bertz CT molecular complexity index is 953. The molecule has 1 aromatic heterocycles. The highest BCUT2D eigenvalue weighted by molar-refractivity contribution is 5.73. The Balaban J connectivity index is 1.43. The molecule has 1 aliphatic rings. The van der Waals surface area contributed by atoms with E-state index in [-0.39, 0.29) is 0 Å². The maximum absolute atomic E-state index is 6.01. The molecule has 0 amide bonds. The van der Waals surface area contributed by atoms with Crippen molar-refractivity contribution in [3.63, 3.8) is 0 Å². The lowest BCUT2D eigenvalue weighted by Crippen LogP contribution is -2.21. The summed E-state index contributed by atoms with van der Waals surface area (Å²) in [6.07, 6.45) is 11.9. The number of nitrogens with one attached hydrogen (secondary N) is 2. The minimum atomic E-state index is 0.546. The van der Waals surface area contributed by atoms with Gasteiger partial charge in [0.25, 0.3) is 0 Å². The van der Waals surface area contributed by atoms with Gasteiger partial charge < -0.3 is 25.0 Å². The van der Waals surface area contributed by atoms with Gasteiger partial charge in [0.15, 0.2) is 11.5 Å². The van der Waals surface area contributed by atoms with Gasteiger partial charge >= 0.3 is 0 Å². The molecule has 0 saturated carbocycles. The molecule has 182 valence electrons. The molecule has 1 saturated heterocycles. The van der Waals surface area contributed by atoms with Gasteiger partial charge in [-0.1, -0.05) is 12.6 Å². The Kier molecular flexibility index (Phi) is 10.5. The quantitative estimate of drug-likeness (QED) is 0.314. The van der Waals surface area contributed by atoms with Crippen LogP contribution in [-0.4, -0.2) is 56.0 Å². The molecule has 34 heavy (non-hydrogen) atoms. The summed E-state index contributed by atoms with van der Waals surface area (Å²) in [6.45, 7) is 11.0. The maximum atomic E-state index is 6.01. The smallest absolute Gasteiger partial charge is 0.163 e. The van der Waals surface area contributed by atoms with Crippen LogP contribution in [0.2, 0.25) is 0 Å². The van der Waals surface area contributed by atoms with Gasteiger partial charge in [0, 0.05) is 49.1 Å². The van der Waals surface area contributed by atoms with Gasteiger partial charge in [-0.3, -0.25) is 4.98 Å². The number of allylic oxidation sites excluding steroid dienone is 2. The first-order valence-electron chi connectivity index (χ1n) is 12.0. The van der Waals surface area contributed by atoms with Crippen LogP contribution in [0.15, 0.2) is 71.9 Å². The average molecular weight is 464 g/mol. The fraction of sp³-hybridized carbons (Fsp3) is 0.407. The van der Waals surface area contributed by atoms with Crippen LogP contribution in [0.3, 0.4) is 0 Å². The summed E-state index contributed by atoms with van der Waals surface area (Å²) in [4.78, 5) is 11.0. The first-order valence-corrected chi connectivity index (χ1v) is 12.0. The van der Waals surface area contributed by atoms with Crippen molar-refractivity contribution in [3.05, 3.63) is 72.5 Å². The van der Waals surface area contributed by atoms with Crippen LogP contribution in [0.25, 0.3) is 0 Å². The lowest BCUT2D eigenvalue weighted by molar-refractivity contribution is 0.254. The van der Waals surface area contributed by atoms with Crippen LogP contribution in [0.4, 0.5) is 5.69 Å². The SMILES string of the molecule is C=C(N=C/C=C(\C)NCCc1cccnc1)Nc1ccc(OC)c(OCCCN2CCCC2)c1. The number of benzene rings is 1. The number of anilines is 1. The second kappa shape index (κ2) is 14.1. The third-order valence-electron chi connectivity index (χ3n) is 5.62. The second-order valence-corrected chi connectivity index (χ2v) is 8.35. The summed E-state index contributed by atoms with van der Waals surface area (Å²) in [5.41, 5.74) is 3.10. The third-order valence-corrected chi connectivity index (χ3v) is 5.62. The molecule has 1 aliphatic heterocycles. The largest absolute Gasteiger partial charge is 0.493 e. The molecule has 3 rings (SSSR count). The van der Waals surface area contributed by atoms with Crippen LogP contribution in [0.5, 0.6) is 11.5 Å². The van der Waals surface area contributed by atoms with Crippen molar-refractivity contribution in [1.82, 2.24) is 15.2 Å². The van der Waals surface area contributed by atoms with Gasteiger partial charge in [0.2, 0.25) is 0 Å². The molecule has 0 bridgehead atoms. The van der Waals surface area contributed by atoms with E-state index in [4.69, 9.17) is 9.47 Å². The van der Waals surface area contributed by atoms with Crippen molar-refractivity contribution in [2.24, 2.45) is 4.99 Å². The number of hydrogen-bond donors (Lipinski definition) is 2. The van der Waals surface area contributed by atoms with E-state index >= 15 is 0 Å². The second-order valence-electron chi connectivity index (χ2n) is 8.35. The molecule has 1 fully saturated rings. The zero-order chi connectivity index (χ0) is 24.0.